The van der Waals surface area contributed by atoms with Gasteiger partial charge in [0.1, 0.15) is 0 Å². The van der Waals surface area contributed by atoms with E-state index >= 15 is 0 Å². The molecule has 2 aromatic carbocycles. The lowest BCUT2D eigenvalue weighted by atomic mass is 10.0. The SMILES string of the molecule is CCCCCCCCCCCc1noc(-c2ccc(CN([O-])[C@@H](C)c3ccc(C(F)(F)F)cc3)cc2)n1. The maximum atomic E-state index is 12.8. The van der Waals surface area contributed by atoms with Crippen LogP contribution in [-0.4, -0.2) is 15.2 Å². The highest BCUT2D eigenvalue weighted by atomic mass is 19.4. The monoisotopic (exact) mass is 516 g/mol. The maximum absolute atomic E-state index is 12.8. The summed E-state index contributed by atoms with van der Waals surface area (Å²) in [7, 11) is 0. The fraction of sp³-hybridized carbons (Fsp3) is 0.517. The first-order valence-corrected chi connectivity index (χ1v) is 13.3. The lowest BCUT2D eigenvalue weighted by Crippen LogP contribution is -2.20. The molecule has 0 aliphatic rings. The highest BCUT2D eigenvalue weighted by Gasteiger charge is 2.30. The van der Waals surface area contributed by atoms with Crippen LogP contribution in [0.5, 0.6) is 0 Å². The first kappa shape index (κ1) is 28.9. The molecular formula is C29H37F3N3O2-. The van der Waals surface area contributed by atoms with Gasteiger partial charge in [-0.2, -0.15) is 18.2 Å². The topological polar surface area (TPSA) is 65.2 Å². The second-order valence-electron chi connectivity index (χ2n) is 9.66. The average Bonchev–Trinajstić information content (AvgIpc) is 3.36. The molecule has 0 saturated carbocycles. The number of alkyl halides is 3. The van der Waals surface area contributed by atoms with Gasteiger partial charge in [0.15, 0.2) is 5.82 Å². The summed E-state index contributed by atoms with van der Waals surface area (Å²) < 4.78 is 43.7. The lowest BCUT2D eigenvalue weighted by Gasteiger charge is -2.35. The van der Waals surface area contributed by atoms with E-state index in [-0.39, 0.29) is 6.54 Å². The zero-order valence-corrected chi connectivity index (χ0v) is 21.8. The van der Waals surface area contributed by atoms with Crippen LogP contribution < -0.4 is 0 Å². The van der Waals surface area contributed by atoms with E-state index in [2.05, 4.69) is 17.1 Å². The van der Waals surface area contributed by atoms with E-state index < -0.39 is 17.8 Å². The number of aryl methyl sites for hydroxylation is 1. The van der Waals surface area contributed by atoms with Crippen molar-refractivity contribution in [2.75, 3.05) is 0 Å². The van der Waals surface area contributed by atoms with Crippen molar-refractivity contribution in [3.8, 4) is 11.5 Å². The molecule has 0 aliphatic carbocycles. The number of benzene rings is 2. The fourth-order valence-electron chi connectivity index (χ4n) is 4.25. The average molecular weight is 517 g/mol. The van der Waals surface area contributed by atoms with Crippen molar-refractivity contribution in [1.29, 1.82) is 0 Å². The lowest BCUT2D eigenvalue weighted by molar-refractivity contribution is -0.137. The molecule has 8 heteroatoms. The minimum Gasteiger partial charge on any atom is -0.784 e. The molecule has 0 unspecified atom stereocenters. The quantitative estimate of drug-likeness (QED) is 0.149. The Balaban J connectivity index is 1.43. The maximum Gasteiger partial charge on any atom is 0.416 e. The molecule has 0 fully saturated rings. The van der Waals surface area contributed by atoms with Gasteiger partial charge >= 0.3 is 6.18 Å². The highest BCUT2D eigenvalue weighted by Crippen LogP contribution is 2.31. The van der Waals surface area contributed by atoms with Crippen LogP contribution in [0.3, 0.4) is 0 Å². The Labute approximate surface area is 217 Å². The smallest absolute Gasteiger partial charge is 0.416 e. The Morgan fingerprint density at radius 1 is 0.865 bits per heavy atom. The third-order valence-electron chi connectivity index (χ3n) is 6.66. The van der Waals surface area contributed by atoms with E-state index in [1.165, 1.54) is 63.5 Å². The number of aromatic nitrogens is 2. The summed E-state index contributed by atoms with van der Waals surface area (Å²) in [4.78, 5) is 4.50. The van der Waals surface area contributed by atoms with Crippen LogP contribution >= 0.6 is 0 Å². The Kier molecular flexibility index (Phi) is 11.1. The largest absolute Gasteiger partial charge is 0.784 e. The molecule has 5 nitrogen and oxygen atoms in total. The summed E-state index contributed by atoms with van der Waals surface area (Å²) in [6.45, 7) is 4.02. The second-order valence-corrected chi connectivity index (χ2v) is 9.66. The Hall–Kier alpha value is -2.71. The molecule has 0 bridgehead atoms. The van der Waals surface area contributed by atoms with Crippen molar-refractivity contribution >= 4 is 0 Å². The van der Waals surface area contributed by atoms with Crippen molar-refractivity contribution in [3.63, 3.8) is 0 Å². The summed E-state index contributed by atoms with van der Waals surface area (Å²) in [6, 6.07) is 11.4. The molecule has 0 saturated heterocycles. The van der Waals surface area contributed by atoms with Crippen molar-refractivity contribution in [2.45, 2.75) is 96.8 Å². The summed E-state index contributed by atoms with van der Waals surface area (Å²) >= 11 is 0. The number of hydrogen-bond acceptors (Lipinski definition) is 5. The summed E-state index contributed by atoms with van der Waals surface area (Å²) in [6.07, 6.45) is 7.77. The molecule has 3 aromatic rings. The van der Waals surface area contributed by atoms with Crippen LogP contribution in [0.25, 0.3) is 11.5 Å². The van der Waals surface area contributed by atoms with Crippen LogP contribution in [0, 0.1) is 5.21 Å². The van der Waals surface area contributed by atoms with Gasteiger partial charge in [0, 0.05) is 24.6 Å². The van der Waals surface area contributed by atoms with Crippen molar-refractivity contribution in [3.05, 3.63) is 76.3 Å². The third kappa shape index (κ3) is 9.27. The molecule has 1 heterocycles. The third-order valence-corrected chi connectivity index (χ3v) is 6.66. The molecule has 0 N–H and O–H groups in total. The zero-order chi connectivity index (χ0) is 26.7. The molecule has 37 heavy (non-hydrogen) atoms. The van der Waals surface area contributed by atoms with Gasteiger partial charge in [0.2, 0.25) is 0 Å². The number of hydroxylamine groups is 2. The van der Waals surface area contributed by atoms with Crippen LogP contribution in [0.1, 0.15) is 100 Å². The van der Waals surface area contributed by atoms with Crippen LogP contribution in [0.2, 0.25) is 0 Å². The number of hydrogen-bond donors (Lipinski definition) is 0. The van der Waals surface area contributed by atoms with Crippen LogP contribution in [0.4, 0.5) is 13.2 Å². The van der Waals surface area contributed by atoms with E-state index in [0.717, 1.165) is 41.2 Å². The normalized spacial score (nSPS) is 12.8. The number of unbranched alkanes of at least 4 members (excludes halogenated alkanes) is 8. The van der Waals surface area contributed by atoms with E-state index in [9.17, 15) is 18.4 Å². The Morgan fingerprint density at radius 3 is 2.05 bits per heavy atom. The molecule has 0 amide bonds. The number of halogens is 3. The van der Waals surface area contributed by atoms with E-state index in [1.54, 1.807) is 6.92 Å². The summed E-state index contributed by atoms with van der Waals surface area (Å²) in [5, 5.41) is 17.6. The molecule has 3 rings (SSSR count). The minimum atomic E-state index is -4.40. The van der Waals surface area contributed by atoms with Gasteiger partial charge in [-0.25, -0.2) is 0 Å². The Bertz CT molecular complexity index is 1050. The van der Waals surface area contributed by atoms with Gasteiger partial charge in [-0.15, -0.1) is 0 Å². The van der Waals surface area contributed by atoms with Crippen molar-refractivity contribution < 1.29 is 17.7 Å². The van der Waals surface area contributed by atoms with Crippen molar-refractivity contribution in [1.82, 2.24) is 15.2 Å². The Morgan fingerprint density at radius 2 is 1.46 bits per heavy atom. The van der Waals surface area contributed by atoms with E-state index in [4.69, 9.17) is 4.52 Å². The molecule has 1 aromatic heterocycles. The molecule has 1 atom stereocenters. The number of nitrogens with zero attached hydrogens (tertiary/aromatic N) is 3. The van der Waals surface area contributed by atoms with Crippen LogP contribution in [-0.2, 0) is 19.1 Å². The van der Waals surface area contributed by atoms with E-state index in [0.29, 0.717) is 17.3 Å². The van der Waals surface area contributed by atoms with Gasteiger partial charge in [0.05, 0.1) is 5.56 Å². The molecule has 0 spiro atoms. The van der Waals surface area contributed by atoms with Crippen molar-refractivity contribution in [2.24, 2.45) is 0 Å². The van der Waals surface area contributed by atoms with Gasteiger partial charge in [-0.3, -0.25) is 0 Å². The van der Waals surface area contributed by atoms with Crippen LogP contribution in [0.15, 0.2) is 53.1 Å². The first-order valence-electron chi connectivity index (χ1n) is 13.3. The minimum absolute atomic E-state index is 0.107. The summed E-state index contributed by atoms with van der Waals surface area (Å²) in [5.41, 5.74) is 1.37. The van der Waals surface area contributed by atoms with E-state index in [1.807, 2.05) is 24.3 Å². The molecule has 0 radical (unpaired) electrons. The van der Waals surface area contributed by atoms with Gasteiger partial charge in [-0.1, -0.05) is 87.7 Å². The predicted molar refractivity (Wildman–Crippen MR) is 139 cm³/mol. The number of rotatable bonds is 15. The fourth-order valence-corrected chi connectivity index (χ4v) is 4.25. The first-order chi connectivity index (χ1) is 17.8. The zero-order valence-electron chi connectivity index (χ0n) is 21.8. The molecule has 202 valence electrons. The summed E-state index contributed by atoms with van der Waals surface area (Å²) in [5.74, 6) is 1.16. The molecule has 0 aliphatic heterocycles. The predicted octanol–water partition coefficient (Wildman–Crippen LogP) is 8.89. The second kappa shape index (κ2) is 14.3. The van der Waals surface area contributed by atoms with Gasteiger partial charge in [0.25, 0.3) is 5.89 Å². The van der Waals surface area contributed by atoms with Gasteiger partial charge < -0.3 is 14.8 Å². The standard InChI is InChI=1S/C29H37F3N3O2/c1-3-4-5-6-7-8-9-10-11-12-27-33-28(37-34-27)25-15-13-23(14-16-25)21-35(36)22(2)24-17-19-26(20-18-24)29(30,31)32/h13-20,22H,3-12,21H2,1-2H3/q-1/t22-/m0/s1. The van der Waals surface area contributed by atoms with Gasteiger partial charge in [-0.05, 0) is 48.7 Å². The molecular weight excluding hydrogens is 479 g/mol. The highest BCUT2D eigenvalue weighted by molar-refractivity contribution is 5.53.